The van der Waals surface area contributed by atoms with Gasteiger partial charge in [0.25, 0.3) is 11.8 Å². The number of carboxylic acids is 1. The number of halogens is 2. The highest BCUT2D eigenvalue weighted by Gasteiger charge is 2.53. The molecule has 1 aliphatic carbocycles. The number of hydrogen-bond acceptors (Lipinski definition) is 4. The van der Waals surface area contributed by atoms with Crippen LogP contribution in [0.15, 0.2) is 47.5 Å². The van der Waals surface area contributed by atoms with E-state index in [-0.39, 0.29) is 41.6 Å². The minimum absolute atomic E-state index is 0.0406. The molecule has 0 aromatic heterocycles. The van der Waals surface area contributed by atoms with Gasteiger partial charge in [-0.3, -0.25) is 19.4 Å². The molecule has 2 aromatic rings. The van der Waals surface area contributed by atoms with E-state index in [1.807, 2.05) is 24.0 Å². The number of nitrogens with one attached hydrogen (secondary N) is 1. The van der Waals surface area contributed by atoms with E-state index in [1.165, 1.54) is 12.1 Å². The van der Waals surface area contributed by atoms with E-state index >= 15 is 0 Å². The number of hydrogen-bond donors (Lipinski definition) is 2. The van der Waals surface area contributed by atoms with Crippen molar-refractivity contribution in [1.82, 2.24) is 10.2 Å². The minimum atomic E-state index is -0.982. The fourth-order valence-electron chi connectivity index (χ4n) is 6.07. The van der Waals surface area contributed by atoms with Crippen LogP contribution in [0.2, 0.25) is 5.02 Å². The second kappa shape index (κ2) is 11.2. The first-order chi connectivity index (χ1) is 18.0. The Labute approximate surface area is 227 Å². The number of carbonyl (C=O) groups is 3. The third-order valence-electron chi connectivity index (χ3n) is 7.36. The zero-order chi connectivity index (χ0) is 27.6. The predicted molar refractivity (Wildman–Crippen MR) is 144 cm³/mol. The van der Waals surface area contributed by atoms with Gasteiger partial charge >= 0.3 is 5.97 Å². The van der Waals surface area contributed by atoms with Crippen LogP contribution in [0.4, 0.5) is 4.39 Å². The molecule has 2 N–H and O–H groups in total. The molecule has 0 bridgehead atoms. The highest BCUT2D eigenvalue weighted by molar-refractivity contribution is 6.47. The number of aliphatic carboxylic acids is 1. The van der Waals surface area contributed by atoms with Crippen LogP contribution in [0.1, 0.15) is 80.4 Å². The van der Waals surface area contributed by atoms with Crippen molar-refractivity contribution in [2.45, 2.75) is 64.6 Å². The van der Waals surface area contributed by atoms with Crippen molar-refractivity contribution in [3.05, 3.63) is 70.0 Å². The first-order valence-electron chi connectivity index (χ1n) is 13.0. The molecule has 0 saturated heterocycles. The van der Waals surface area contributed by atoms with Crippen LogP contribution >= 0.6 is 11.6 Å². The minimum Gasteiger partial charge on any atom is -0.481 e. The summed E-state index contributed by atoms with van der Waals surface area (Å²) in [5.41, 5.74) is 1.11. The van der Waals surface area contributed by atoms with Crippen molar-refractivity contribution < 1.29 is 23.9 Å². The Morgan fingerprint density at radius 2 is 1.84 bits per heavy atom. The summed E-state index contributed by atoms with van der Waals surface area (Å²) in [7, 11) is 0. The lowest BCUT2D eigenvalue weighted by atomic mass is 9.75. The number of carbonyl (C=O) groups excluding carboxylic acids is 2. The summed E-state index contributed by atoms with van der Waals surface area (Å²) in [6.45, 7) is 6.39. The Bertz CT molecular complexity index is 1230. The van der Waals surface area contributed by atoms with E-state index in [1.54, 1.807) is 18.2 Å². The average molecular weight is 542 g/mol. The number of benzene rings is 2. The Hall–Kier alpha value is -3.26. The van der Waals surface area contributed by atoms with Crippen LogP contribution in [-0.4, -0.2) is 45.7 Å². The third kappa shape index (κ3) is 5.75. The first-order valence-corrected chi connectivity index (χ1v) is 13.4. The quantitative estimate of drug-likeness (QED) is 0.453. The standard InChI is InChI=1S/C29H33ClFN3O4/c1-4-24(19-5-7-20(8-6-19)27(37)32-10-9-25(35)36)34-28(38)26(21-12-22(30)14-23(31)13-21)33-29(34)15-17(2)11-18(3)16-29/h5-8,12-14,17-18,24H,4,9-11,15-16H2,1-3H3,(H,32,37)(H,35,36). The van der Waals surface area contributed by atoms with E-state index in [0.717, 1.165) is 12.0 Å². The van der Waals surface area contributed by atoms with Gasteiger partial charge in [0.15, 0.2) is 0 Å². The monoisotopic (exact) mass is 541 g/mol. The number of carboxylic acid groups (broad SMARTS) is 1. The molecule has 1 heterocycles. The van der Waals surface area contributed by atoms with Gasteiger partial charge in [-0.05, 0) is 73.4 Å². The van der Waals surface area contributed by atoms with Crippen molar-refractivity contribution >= 4 is 35.1 Å². The van der Waals surface area contributed by atoms with Gasteiger partial charge in [0, 0.05) is 22.7 Å². The zero-order valence-electron chi connectivity index (χ0n) is 21.8. The smallest absolute Gasteiger partial charge is 0.305 e. The fourth-order valence-corrected chi connectivity index (χ4v) is 6.29. The van der Waals surface area contributed by atoms with E-state index < -0.39 is 17.4 Å². The lowest BCUT2D eigenvalue weighted by Gasteiger charge is -2.47. The Morgan fingerprint density at radius 3 is 2.42 bits per heavy atom. The Morgan fingerprint density at radius 1 is 1.18 bits per heavy atom. The second-order valence-electron chi connectivity index (χ2n) is 10.6. The van der Waals surface area contributed by atoms with Gasteiger partial charge in [-0.25, -0.2) is 4.39 Å². The summed E-state index contributed by atoms with van der Waals surface area (Å²) < 4.78 is 14.2. The molecule has 202 valence electrons. The third-order valence-corrected chi connectivity index (χ3v) is 7.58. The molecule has 3 unspecified atom stereocenters. The van der Waals surface area contributed by atoms with Gasteiger partial charge in [0.1, 0.15) is 17.2 Å². The van der Waals surface area contributed by atoms with Gasteiger partial charge < -0.3 is 15.3 Å². The molecule has 2 amide bonds. The largest absolute Gasteiger partial charge is 0.481 e. The summed E-state index contributed by atoms with van der Waals surface area (Å²) in [5.74, 6) is -1.42. The Balaban J connectivity index is 1.68. The number of aliphatic imine (C=N–C) groups is 1. The highest BCUT2D eigenvalue weighted by atomic mass is 35.5. The van der Waals surface area contributed by atoms with E-state index in [2.05, 4.69) is 19.2 Å². The molecule has 38 heavy (non-hydrogen) atoms. The summed E-state index contributed by atoms with van der Waals surface area (Å²) >= 11 is 6.13. The maximum absolute atomic E-state index is 14.2. The molecule has 0 radical (unpaired) electrons. The number of rotatable bonds is 8. The molecular weight excluding hydrogens is 509 g/mol. The zero-order valence-corrected chi connectivity index (χ0v) is 22.6. The van der Waals surface area contributed by atoms with Crippen molar-refractivity contribution in [2.24, 2.45) is 16.8 Å². The van der Waals surface area contributed by atoms with Crippen LogP contribution in [0.3, 0.4) is 0 Å². The Kier molecular flexibility index (Phi) is 8.21. The molecule has 7 nitrogen and oxygen atoms in total. The van der Waals surface area contributed by atoms with E-state index in [0.29, 0.717) is 42.2 Å². The van der Waals surface area contributed by atoms with Gasteiger partial charge in [-0.2, -0.15) is 0 Å². The molecule has 4 rings (SSSR count). The molecule has 1 saturated carbocycles. The molecule has 2 aliphatic rings. The number of nitrogens with zero attached hydrogens (tertiary/aromatic N) is 2. The summed E-state index contributed by atoms with van der Waals surface area (Å²) in [4.78, 5) is 44.1. The van der Waals surface area contributed by atoms with Crippen molar-refractivity contribution in [3.63, 3.8) is 0 Å². The SMILES string of the molecule is CCC(c1ccc(C(=O)NCCC(=O)O)cc1)N1C(=O)C(c2cc(F)cc(Cl)c2)=NC12CC(C)CC(C)C2. The van der Waals surface area contributed by atoms with Crippen LogP contribution in [0.5, 0.6) is 0 Å². The van der Waals surface area contributed by atoms with Crippen molar-refractivity contribution in [1.29, 1.82) is 0 Å². The van der Waals surface area contributed by atoms with Gasteiger partial charge in [-0.15, -0.1) is 0 Å². The summed E-state index contributed by atoms with van der Waals surface area (Å²) in [6, 6.07) is 10.8. The van der Waals surface area contributed by atoms with Crippen molar-refractivity contribution in [3.8, 4) is 0 Å². The van der Waals surface area contributed by atoms with Crippen LogP contribution in [0, 0.1) is 17.7 Å². The normalized spacial score (nSPS) is 23.9. The lowest BCUT2D eigenvalue weighted by molar-refractivity contribution is -0.137. The van der Waals surface area contributed by atoms with Crippen LogP contribution < -0.4 is 5.32 Å². The molecule has 1 spiro atoms. The van der Waals surface area contributed by atoms with Gasteiger partial charge in [0.2, 0.25) is 0 Å². The number of amides is 2. The summed E-state index contributed by atoms with van der Waals surface area (Å²) in [5, 5.41) is 11.6. The van der Waals surface area contributed by atoms with E-state index in [4.69, 9.17) is 21.7 Å². The lowest BCUT2D eigenvalue weighted by Crippen LogP contribution is -2.52. The van der Waals surface area contributed by atoms with Gasteiger partial charge in [0.05, 0.1) is 12.5 Å². The maximum atomic E-state index is 14.2. The average Bonchev–Trinajstić information content (AvgIpc) is 3.09. The molecule has 9 heteroatoms. The molecule has 3 atom stereocenters. The second-order valence-corrected chi connectivity index (χ2v) is 11.0. The summed E-state index contributed by atoms with van der Waals surface area (Å²) in [6.07, 6.45) is 2.92. The van der Waals surface area contributed by atoms with Crippen molar-refractivity contribution in [2.75, 3.05) is 6.54 Å². The van der Waals surface area contributed by atoms with Gasteiger partial charge in [-0.1, -0.05) is 44.5 Å². The molecule has 1 aliphatic heterocycles. The topological polar surface area (TPSA) is 99.1 Å². The fraction of sp³-hybridized carbons (Fsp3) is 0.448. The van der Waals surface area contributed by atoms with Crippen LogP contribution in [0.25, 0.3) is 0 Å². The first kappa shape index (κ1) is 27.8. The molecule has 1 fully saturated rings. The highest BCUT2D eigenvalue weighted by Crippen LogP contribution is 2.48. The predicted octanol–water partition coefficient (Wildman–Crippen LogP) is 5.62. The molecular formula is C29H33ClFN3O4. The molecule has 2 aromatic carbocycles. The van der Waals surface area contributed by atoms with Crippen LogP contribution in [-0.2, 0) is 9.59 Å². The maximum Gasteiger partial charge on any atom is 0.305 e. The van der Waals surface area contributed by atoms with E-state index in [9.17, 15) is 18.8 Å².